The van der Waals surface area contributed by atoms with Gasteiger partial charge in [0.1, 0.15) is 4.47 Å². The molecule has 0 unspecified atom stereocenters. The van der Waals surface area contributed by atoms with Crippen LogP contribution in [0.2, 0.25) is 0 Å². The standard InChI is InChI=1S/C24H35BrN4O/c1-26-22(23(25)24(30)29(26)21-12-6-3-7-13-21)19-28-17-15-27(16-18-28)14-8-11-20-9-4-2-5-10-20/h2,4-5,9-10,21H,3,6-8,11-19H2,1H3. The molecule has 6 heteroatoms. The van der Waals surface area contributed by atoms with Crippen molar-refractivity contribution in [2.75, 3.05) is 32.7 Å². The number of nitrogens with zero attached hydrogens (tertiary/aromatic N) is 4. The number of hydrogen-bond donors (Lipinski definition) is 0. The highest BCUT2D eigenvalue weighted by Crippen LogP contribution is 2.29. The van der Waals surface area contributed by atoms with Crippen molar-refractivity contribution in [2.24, 2.45) is 7.05 Å². The number of benzene rings is 1. The van der Waals surface area contributed by atoms with Gasteiger partial charge in [-0.25, -0.2) is 4.68 Å². The van der Waals surface area contributed by atoms with Crippen LogP contribution in [-0.2, 0) is 20.0 Å². The summed E-state index contributed by atoms with van der Waals surface area (Å²) in [6, 6.07) is 11.1. The van der Waals surface area contributed by atoms with Crippen molar-refractivity contribution in [3.63, 3.8) is 0 Å². The molecule has 1 aliphatic carbocycles. The second-order valence-electron chi connectivity index (χ2n) is 8.93. The highest BCUT2D eigenvalue weighted by Gasteiger charge is 2.25. The normalized spacial score (nSPS) is 19.4. The largest absolute Gasteiger partial charge is 0.301 e. The summed E-state index contributed by atoms with van der Waals surface area (Å²) in [5.41, 5.74) is 2.71. The zero-order valence-corrected chi connectivity index (χ0v) is 19.8. The average Bonchev–Trinajstić information content (AvgIpc) is 2.99. The number of halogens is 1. The van der Waals surface area contributed by atoms with Crippen molar-refractivity contribution >= 4 is 15.9 Å². The van der Waals surface area contributed by atoms with E-state index in [0.29, 0.717) is 6.04 Å². The molecule has 4 rings (SSSR count). The first kappa shape index (κ1) is 21.8. The van der Waals surface area contributed by atoms with Crippen LogP contribution in [0.25, 0.3) is 0 Å². The number of rotatable bonds is 7. The lowest BCUT2D eigenvalue weighted by Gasteiger charge is -2.35. The minimum Gasteiger partial charge on any atom is -0.301 e. The molecule has 5 nitrogen and oxygen atoms in total. The van der Waals surface area contributed by atoms with E-state index in [2.05, 4.69) is 67.8 Å². The van der Waals surface area contributed by atoms with Gasteiger partial charge >= 0.3 is 0 Å². The van der Waals surface area contributed by atoms with E-state index in [1.165, 1.54) is 37.8 Å². The van der Waals surface area contributed by atoms with E-state index in [4.69, 9.17) is 0 Å². The monoisotopic (exact) mass is 474 g/mol. The summed E-state index contributed by atoms with van der Waals surface area (Å²) in [6.45, 7) is 6.39. The van der Waals surface area contributed by atoms with E-state index in [-0.39, 0.29) is 5.56 Å². The summed E-state index contributed by atoms with van der Waals surface area (Å²) in [5.74, 6) is 0. The third-order valence-electron chi connectivity index (χ3n) is 6.90. The number of aryl methyl sites for hydroxylation is 1. The van der Waals surface area contributed by atoms with E-state index in [0.717, 1.165) is 62.2 Å². The molecule has 0 N–H and O–H groups in total. The molecule has 1 aliphatic heterocycles. The molecule has 2 fully saturated rings. The van der Waals surface area contributed by atoms with Gasteiger partial charge in [-0.1, -0.05) is 49.6 Å². The van der Waals surface area contributed by atoms with Crippen LogP contribution in [0.15, 0.2) is 39.6 Å². The molecule has 2 aliphatic rings. The fourth-order valence-electron chi connectivity index (χ4n) is 5.07. The van der Waals surface area contributed by atoms with Crippen LogP contribution in [0.4, 0.5) is 0 Å². The molecule has 0 spiro atoms. The number of hydrogen-bond acceptors (Lipinski definition) is 3. The number of aromatic nitrogens is 2. The van der Waals surface area contributed by atoms with Crippen LogP contribution in [0, 0.1) is 0 Å². The van der Waals surface area contributed by atoms with Crippen molar-refractivity contribution in [1.82, 2.24) is 19.2 Å². The van der Waals surface area contributed by atoms with Crippen LogP contribution in [0.1, 0.15) is 55.8 Å². The molecular formula is C24H35BrN4O. The summed E-state index contributed by atoms with van der Waals surface area (Å²) >= 11 is 3.62. The third-order valence-corrected chi connectivity index (χ3v) is 7.70. The Morgan fingerprint density at radius 3 is 2.33 bits per heavy atom. The molecule has 30 heavy (non-hydrogen) atoms. The van der Waals surface area contributed by atoms with Crippen molar-refractivity contribution in [2.45, 2.75) is 57.5 Å². The van der Waals surface area contributed by atoms with Gasteiger partial charge in [0, 0.05) is 39.8 Å². The molecule has 0 amide bonds. The minimum atomic E-state index is 0.152. The Balaban J connectivity index is 1.29. The molecule has 1 saturated heterocycles. The molecule has 1 aromatic heterocycles. The molecule has 0 atom stereocenters. The molecule has 1 aromatic carbocycles. The van der Waals surface area contributed by atoms with Gasteiger partial charge in [0.25, 0.3) is 5.56 Å². The van der Waals surface area contributed by atoms with E-state index in [9.17, 15) is 4.79 Å². The van der Waals surface area contributed by atoms with Crippen molar-refractivity contribution in [1.29, 1.82) is 0 Å². The van der Waals surface area contributed by atoms with Crippen LogP contribution in [-0.4, -0.2) is 51.9 Å². The lowest BCUT2D eigenvalue weighted by Crippen LogP contribution is -2.46. The first-order valence-corrected chi connectivity index (χ1v) is 12.4. The van der Waals surface area contributed by atoms with Gasteiger partial charge in [-0.15, -0.1) is 0 Å². The zero-order valence-electron chi connectivity index (χ0n) is 18.2. The maximum Gasteiger partial charge on any atom is 0.281 e. The minimum absolute atomic E-state index is 0.152. The van der Waals surface area contributed by atoms with Crippen molar-refractivity contribution in [3.05, 3.63) is 56.4 Å². The van der Waals surface area contributed by atoms with Crippen LogP contribution < -0.4 is 5.56 Å². The first-order valence-electron chi connectivity index (χ1n) is 11.6. The van der Waals surface area contributed by atoms with Crippen LogP contribution >= 0.6 is 15.9 Å². The fourth-order valence-corrected chi connectivity index (χ4v) is 5.64. The van der Waals surface area contributed by atoms with Gasteiger partial charge in [0.15, 0.2) is 0 Å². The van der Waals surface area contributed by atoms with Crippen LogP contribution in [0.3, 0.4) is 0 Å². The average molecular weight is 475 g/mol. The SMILES string of the molecule is Cn1c(CN2CCN(CCCc3ccccc3)CC2)c(Br)c(=O)n1C1CCCCC1. The highest BCUT2D eigenvalue weighted by molar-refractivity contribution is 9.10. The number of piperazine rings is 1. The summed E-state index contributed by atoms with van der Waals surface area (Å²) in [6.07, 6.45) is 8.41. The molecule has 0 bridgehead atoms. The summed E-state index contributed by atoms with van der Waals surface area (Å²) < 4.78 is 4.91. The van der Waals surface area contributed by atoms with E-state index in [1.54, 1.807) is 0 Å². The van der Waals surface area contributed by atoms with E-state index in [1.807, 2.05) is 4.68 Å². The maximum absolute atomic E-state index is 12.9. The van der Waals surface area contributed by atoms with Gasteiger partial charge in [-0.3, -0.25) is 14.4 Å². The first-order chi connectivity index (χ1) is 14.6. The predicted octanol–water partition coefficient (Wildman–Crippen LogP) is 4.20. The Labute approximate surface area is 188 Å². The Morgan fingerprint density at radius 2 is 1.63 bits per heavy atom. The summed E-state index contributed by atoms with van der Waals surface area (Å²) in [7, 11) is 2.07. The van der Waals surface area contributed by atoms with Crippen molar-refractivity contribution < 1.29 is 0 Å². The van der Waals surface area contributed by atoms with E-state index >= 15 is 0 Å². The zero-order chi connectivity index (χ0) is 20.9. The van der Waals surface area contributed by atoms with Gasteiger partial charge in [0.2, 0.25) is 0 Å². The smallest absolute Gasteiger partial charge is 0.281 e. The summed E-state index contributed by atoms with van der Waals surface area (Å²) in [4.78, 5) is 18.0. The maximum atomic E-state index is 12.9. The quantitative estimate of drug-likeness (QED) is 0.602. The Bertz CT molecular complexity index is 861. The molecule has 1 saturated carbocycles. The van der Waals surface area contributed by atoms with Gasteiger partial charge in [-0.2, -0.15) is 0 Å². The molecule has 2 aromatic rings. The lowest BCUT2D eigenvalue weighted by atomic mass is 9.96. The fraction of sp³-hybridized carbons (Fsp3) is 0.625. The Kier molecular flexibility index (Phi) is 7.50. The topological polar surface area (TPSA) is 33.4 Å². The second-order valence-corrected chi connectivity index (χ2v) is 9.73. The van der Waals surface area contributed by atoms with Crippen molar-refractivity contribution in [3.8, 4) is 0 Å². The second kappa shape index (κ2) is 10.3. The molecule has 164 valence electrons. The van der Waals surface area contributed by atoms with Crippen LogP contribution in [0.5, 0.6) is 0 Å². The van der Waals surface area contributed by atoms with Gasteiger partial charge in [-0.05, 0) is 53.7 Å². The van der Waals surface area contributed by atoms with Gasteiger partial charge < -0.3 is 4.90 Å². The predicted molar refractivity (Wildman–Crippen MR) is 126 cm³/mol. The van der Waals surface area contributed by atoms with Gasteiger partial charge in [0.05, 0.1) is 11.7 Å². The Hall–Kier alpha value is -1.37. The molecule has 0 radical (unpaired) electrons. The third kappa shape index (κ3) is 5.09. The molecule has 2 heterocycles. The summed E-state index contributed by atoms with van der Waals surface area (Å²) in [5, 5.41) is 0. The molecular weight excluding hydrogens is 440 g/mol. The Morgan fingerprint density at radius 1 is 0.967 bits per heavy atom. The van der Waals surface area contributed by atoms with E-state index < -0.39 is 0 Å². The highest BCUT2D eigenvalue weighted by atomic mass is 79.9. The lowest BCUT2D eigenvalue weighted by molar-refractivity contribution is 0.123.